The number of carbonyl (C=O) groups is 2. The molecule has 2 fully saturated rings. The summed E-state index contributed by atoms with van der Waals surface area (Å²) in [6.07, 6.45) is 6.79. The summed E-state index contributed by atoms with van der Waals surface area (Å²) in [5.74, 6) is -0.276. The summed E-state index contributed by atoms with van der Waals surface area (Å²) >= 11 is 0. The second-order valence-corrected chi connectivity index (χ2v) is 5.73. The van der Waals surface area contributed by atoms with Gasteiger partial charge in [-0.05, 0) is 37.7 Å². The van der Waals surface area contributed by atoms with Gasteiger partial charge in [0, 0.05) is 30.9 Å². The average molecular weight is 290 g/mol. The Hall–Kier alpha value is -2.18. The Kier molecular flexibility index (Phi) is 3.72. The molecule has 2 N–H and O–H groups in total. The van der Waals surface area contributed by atoms with E-state index in [1.54, 1.807) is 18.5 Å². The number of rotatable bonds is 3. The number of aromatic nitrogens is 2. The van der Waals surface area contributed by atoms with E-state index >= 15 is 0 Å². The van der Waals surface area contributed by atoms with Crippen molar-refractivity contribution in [1.82, 2.24) is 14.9 Å². The molecule has 0 aromatic carbocycles. The molecule has 0 spiro atoms. The van der Waals surface area contributed by atoms with E-state index in [-0.39, 0.29) is 30.5 Å². The van der Waals surface area contributed by atoms with Crippen LogP contribution in [-0.4, -0.2) is 44.1 Å². The van der Waals surface area contributed by atoms with Gasteiger partial charge in [-0.1, -0.05) is 0 Å². The summed E-state index contributed by atoms with van der Waals surface area (Å²) in [6, 6.07) is 1.78. The minimum atomic E-state index is -0.755. The lowest BCUT2D eigenvalue weighted by molar-refractivity contribution is -0.138. The van der Waals surface area contributed by atoms with E-state index in [4.69, 9.17) is 5.11 Å². The highest BCUT2D eigenvalue weighted by Crippen LogP contribution is 2.40. The van der Waals surface area contributed by atoms with Crippen LogP contribution in [0.15, 0.2) is 18.5 Å². The minimum absolute atomic E-state index is 0.136. The van der Waals surface area contributed by atoms with E-state index in [2.05, 4.69) is 15.3 Å². The first kappa shape index (κ1) is 13.8. The maximum Gasteiger partial charge on any atom is 0.324 e. The Bertz CT molecular complexity index is 522. The molecule has 7 nitrogen and oxygen atoms in total. The molecule has 2 bridgehead atoms. The summed E-state index contributed by atoms with van der Waals surface area (Å²) in [4.78, 5) is 33.1. The fourth-order valence-electron chi connectivity index (χ4n) is 3.56. The van der Waals surface area contributed by atoms with Crippen LogP contribution in [0.3, 0.4) is 0 Å². The van der Waals surface area contributed by atoms with Crippen LogP contribution in [-0.2, 0) is 4.79 Å². The van der Waals surface area contributed by atoms with Crippen molar-refractivity contribution in [3.63, 3.8) is 0 Å². The van der Waals surface area contributed by atoms with Gasteiger partial charge in [-0.2, -0.15) is 0 Å². The number of nitrogens with one attached hydrogen (secondary N) is 1. The van der Waals surface area contributed by atoms with Crippen LogP contribution in [0.5, 0.6) is 0 Å². The highest BCUT2D eigenvalue weighted by atomic mass is 16.4. The number of urea groups is 1. The third-order valence-electron chi connectivity index (χ3n) is 4.31. The Morgan fingerprint density at radius 3 is 2.43 bits per heavy atom. The summed E-state index contributed by atoms with van der Waals surface area (Å²) in [6.45, 7) is 0. The zero-order valence-electron chi connectivity index (χ0n) is 11.6. The summed E-state index contributed by atoms with van der Waals surface area (Å²) in [7, 11) is 0. The van der Waals surface area contributed by atoms with Crippen LogP contribution in [0.1, 0.15) is 32.1 Å². The Balaban J connectivity index is 1.65. The molecule has 2 saturated heterocycles. The van der Waals surface area contributed by atoms with Crippen molar-refractivity contribution in [2.75, 3.05) is 5.32 Å². The smallest absolute Gasteiger partial charge is 0.324 e. The molecule has 112 valence electrons. The van der Waals surface area contributed by atoms with Crippen molar-refractivity contribution in [2.24, 2.45) is 5.92 Å². The second kappa shape index (κ2) is 5.67. The van der Waals surface area contributed by atoms with Crippen LogP contribution in [0.2, 0.25) is 0 Å². The number of hydrogen-bond acceptors (Lipinski definition) is 4. The molecule has 2 aliphatic rings. The third kappa shape index (κ3) is 2.96. The van der Waals surface area contributed by atoms with E-state index in [0.29, 0.717) is 5.95 Å². The SMILES string of the molecule is O=C(O)CC1CC2CCC(C1)N2C(=O)Nc1ncccn1. The topological polar surface area (TPSA) is 95.4 Å². The molecule has 3 heterocycles. The number of amides is 2. The molecule has 7 heteroatoms. The van der Waals surface area contributed by atoms with Crippen molar-refractivity contribution in [3.05, 3.63) is 18.5 Å². The first-order valence-corrected chi connectivity index (χ1v) is 7.21. The number of aliphatic carboxylic acids is 1. The highest BCUT2D eigenvalue weighted by molar-refractivity contribution is 5.88. The van der Waals surface area contributed by atoms with Crippen LogP contribution < -0.4 is 5.32 Å². The summed E-state index contributed by atoms with van der Waals surface area (Å²) in [5.41, 5.74) is 0. The molecule has 2 atom stereocenters. The standard InChI is InChI=1S/C14H18N4O3/c19-12(20)8-9-6-10-2-3-11(7-9)18(10)14(21)17-13-15-4-1-5-16-13/h1,4-5,9-11H,2-3,6-8H2,(H,19,20)(H,15,16,17,21). The van der Waals surface area contributed by atoms with Gasteiger partial charge < -0.3 is 10.0 Å². The van der Waals surface area contributed by atoms with Crippen LogP contribution in [0.4, 0.5) is 10.7 Å². The predicted octanol–water partition coefficient (Wildman–Crippen LogP) is 1.73. The fraction of sp³-hybridized carbons (Fsp3) is 0.571. The monoisotopic (exact) mass is 290 g/mol. The van der Waals surface area contributed by atoms with Gasteiger partial charge in [0.15, 0.2) is 0 Å². The second-order valence-electron chi connectivity index (χ2n) is 5.73. The average Bonchev–Trinajstić information content (AvgIpc) is 2.71. The molecule has 2 aliphatic heterocycles. The molecule has 0 saturated carbocycles. The molecule has 0 radical (unpaired) electrons. The molecule has 2 amide bonds. The van der Waals surface area contributed by atoms with Gasteiger partial charge in [0.2, 0.25) is 5.95 Å². The van der Waals surface area contributed by atoms with Gasteiger partial charge in [0.25, 0.3) is 0 Å². The van der Waals surface area contributed by atoms with Crippen LogP contribution >= 0.6 is 0 Å². The van der Waals surface area contributed by atoms with E-state index in [9.17, 15) is 9.59 Å². The number of anilines is 1. The summed E-state index contributed by atoms with van der Waals surface area (Å²) < 4.78 is 0. The molecule has 1 aromatic heterocycles. The van der Waals surface area contributed by atoms with Gasteiger partial charge in [-0.3, -0.25) is 10.1 Å². The van der Waals surface area contributed by atoms with E-state index in [1.165, 1.54) is 0 Å². The van der Waals surface area contributed by atoms with Crippen molar-refractivity contribution in [2.45, 2.75) is 44.2 Å². The summed E-state index contributed by atoms with van der Waals surface area (Å²) in [5, 5.41) is 11.6. The molecule has 21 heavy (non-hydrogen) atoms. The van der Waals surface area contributed by atoms with Crippen molar-refractivity contribution >= 4 is 17.9 Å². The lowest BCUT2D eigenvalue weighted by atomic mass is 9.88. The quantitative estimate of drug-likeness (QED) is 0.883. The van der Waals surface area contributed by atoms with E-state index < -0.39 is 5.97 Å². The van der Waals surface area contributed by atoms with Crippen molar-refractivity contribution < 1.29 is 14.7 Å². The third-order valence-corrected chi connectivity index (χ3v) is 4.31. The molecule has 2 unspecified atom stereocenters. The van der Waals surface area contributed by atoms with Crippen LogP contribution in [0, 0.1) is 5.92 Å². The predicted molar refractivity (Wildman–Crippen MR) is 74.7 cm³/mol. The number of hydrogen-bond donors (Lipinski definition) is 2. The lowest BCUT2D eigenvalue weighted by Crippen LogP contribution is -2.48. The van der Waals surface area contributed by atoms with Gasteiger partial charge in [-0.25, -0.2) is 14.8 Å². The maximum atomic E-state index is 12.4. The van der Waals surface area contributed by atoms with Gasteiger partial charge >= 0.3 is 12.0 Å². The minimum Gasteiger partial charge on any atom is -0.481 e. The lowest BCUT2D eigenvalue weighted by Gasteiger charge is -2.38. The number of fused-ring (bicyclic) bond motifs is 2. The number of carbonyl (C=O) groups excluding carboxylic acids is 1. The van der Waals surface area contributed by atoms with Crippen molar-refractivity contribution in [3.8, 4) is 0 Å². The highest BCUT2D eigenvalue weighted by Gasteiger charge is 2.43. The van der Waals surface area contributed by atoms with E-state index in [0.717, 1.165) is 25.7 Å². The van der Waals surface area contributed by atoms with E-state index in [1.807, 2.05) is 4.90 Å². The largest absolute Gasteiger partial charge is 0.481 e. The molecule has 0 aliphatic carbocycles. The Morgan fingerprint density at radius 1 is 1.24 bits per heavy atom. The zero-order chi connectivity index (χ0) is 14.8. The first-order chi connectivity index (χ1) is 10.1. The number of nitrogens with zero attached hydrogens (tertiary/aromatic N) is 3. The van der Waals surface area contributed by atoms with Gasteiger partial charge in [-0.15, -0.1) is 0 Å². The Morgan fingerprint density at radius 2 is 1.86 bits per heavy atom. The van der Waals surface area contributed by atoms with Gasteiger partial charge in [0.05, 0.1) is 0 Å². The maximum absolute atomic E-state index is 12.4. The Labute approximate surface area is 122 Å². The van der Waals surface area contributed by atoms with Gasteiger partial charge in [0.1, 0.15) is 0 Å². The first-order valence-electron chi connectivity index (χ1n) is 7.21. The molecular formula is C14H18N4O3. The fourth-order valence-corrected chi connectivity index (χ4v) is 3.56. The normalized spacial score (nSPS) is 27.4. The number of carboxylic acids is 1. The van der Waals surface area contributed by atoms with Crippen LogP contribution in [0.25, 0.3) is 0 Å². The molecular weight excluding hydrogens is 272 g/mol. The number of carboxylic acid groups (broad SMARTS) is 1. The zero-order valence-corrected chi connectivity index (χ0v) is 11.6. The number of piperidine rings is 1. The molecule has 1 aromatic rings. The van der Waals surface area contributed by atoms with Crippen molar-refractivity contribution in [1.29, 1.82) is 0 Å². The molecule has 3 rings (SSSR count).